The molecule has 1 aliphatic rings. The minimum absolute atomic E-state index is 0.0925. The van der Waals surface area contributed by atoms with Gasteiger partial charge in [-0.1, -0.05) is 0 Å². The van der Waals surface area contributed by atoms with Crippen molar-refractivity contribution < 1.29 is 32.5 Å². The fraction of sp³-hybridized carbons (Fsp3) is 0.533. The number of methoxy groups -OCH3 is 3. The molecule has 0 aliphatic carbocycles. The number of aliphatic carboxylic acids is 1. The number of nitrogens with zero attached hydrogens (tertiary/aromatic N) is 1. The van der Waals surface area contributed by atoms with Crippen molar-refractivity contribution in [3.8, 4) is 17.2 Å². The van der Waals surface area contributed by atoms with Gasteiger partial charge in [0.2, 0.25) is 15.8 Å². The first-order chi connectivity index (χ1) is 11.4. The van der Waals surface area contributed by atoms with Crippen LogP contribution in [0.1, 0.15) is 19.3 Å². The molecule has 1 heterocycles. The molecule has 8 nitrogen and oxygen atoms in total. The zero-order valence-electron chi connectivity index (χ0n) is 13.8. The van der Waals surface area contributed by atoms with Crippen LogP contribution < -0.4 is 14.2 Å². The van der Waals surface area contributed by atoms with Gasteiger partial charge in [-0.25, -0.2) is 8.42 Å². The molecule has 1 aromatic carbocycles. The van der Waals surface area contributed by atoms with Crippen LogP contribution in [0.5, 0.6) is 17.2 Å². The Morgan fingerprint density at radius 2 is 1.71 bits per heavy atom. The third kappa shape index (κ3) is 3.27. The van der Waals surface area contributed by atoms with Crippen LogP contribution in [-0.2, 0) is 14.8 Å². The first-order valence-electron chi connectivity index (χ1n) is 7.41. The summed E-state index contributed by atoms with van der Waals surface area (Å²) in [6.45, 7) is 0.163. The normalized spacial score (nSPS) is 18.9. The molecule has 9 heteroatoms. The Hall–Kier alpha value is -2.00. The van der Waals surface area contributed by atoms with Gasteiger partial charge in [0.1, 0.15) is 6.04 Å². The Labute approximate surface area is 141 Å². The molecule has 1 aromatic rings. The maximum absolute atomic E-state index is 12.9. The van der Waals surface area contributed by atoms with Crippen LogP contribution in [0, 0.1) is 0 Å². The molecule has 1 fully saturated rings. The number of rotatable bonds is 6. The van der Waals surface area contributed by atoms with Crippen LogP contribution >= 0.6 is 0 Å². The SMILES string of the molecule is COc1cc(S(=O)(=O)N2CCCC[C@H]2C(=O)O)cc(OC)c1OC. The third-order valence-electron chi connectivity index (χ3n) is 3.98. The lowest BCUT2D eigenvalue weighted by molar-refractivity contribution is -0.142. The Morgan fingerprint density at radius 1 is 1.12 bits per heavy atom. The molecule has 134 valence electrons. The fourth-order valence-corrected chi connectivity index (χ4v) is 4.46. The van der Waals surface area contributed by atoms with Crippen LogP contribution in [-0.4, -0.2) is 57.7 Å². The van der Waals surface area contributed by atoms with Crippen LogP contribution in [0.25, 0.3) is 0 Å². The van der Waals surface area contributed by atoms with Crippen molar-refractivity contribution in [3.05, 3.63) is 12.1 Å². The number of ether oxygens (including phenoxy) is 3. The second kappa shape index (κ2) is 7.27. The summed E-state index contributed by atoms with van der Waals surface area (Å²) in [5.41, 5.74) is 0. The topological polar surface area (TPSA) is 102 Å². The van der Waals surface area contributed by atoms with Crippen molar-refractivity contribution in [1.29, 1.82) is 0 Å². The van der Waals surface area contributed by atoms with Gasteiger partial charge in [0.05, 0.1) is 26.2 Å². The summed E-state index contributed by atoms with van der Waals surface area (Å²) in [4.78, 5) is 11.3. The molecule has 0 radical (unpaired) electrons. The smallest absolute Gasteiger partial charge is 0.322 e. The highest BCUT2D eigenvalue weighted by Gasteiger charge is 2.38. The second-order valence-corrected chi connectivity index (χ2v) is 7.22. The zero-order valence-corrected chi connectivity index (χ0v) is 14.6. The van der Waals surface area contributed by atoms with Gasteiger partial charge in [-0.2, -0.15) is 4.31 Å². The van der Waals surface area contributed by atoms with E-state index in [1.807, 2.05) is 0 Å². The summed E-state index contributed by atoms with van der Waals surface area (Å²) in [6, 6.07) is 1.55. The van der Waals surface area contributed by atoms with Gasteiger partial charge in [0.15, 0.2) is 11.5 Å². The summed E-state index contributed by atoms with van der Waals surface area (Å²) < 4.78 is 42.4. The van der Waals surface area contributed by atoms with Crippen molar-refractivity contribution in [2.45, 2.75) is 30.2 Å². The van der Waals surface area contributed by atoms with Gasteiger partial charge in [-0.3, -0.25) is 4.79 Å². The fourth-order valence-electron chi connectivity index (χ4n) is 2.78. The van der Waals surface area contributed by atoms with Gasteiger partial charge < -0.3 is 19.3 Å². The van der Waals surface area contributed by atoms with Gasteiger partial charge >= 0.3 is 5.97 Å². The van der Waals surface area contributed by atoms with Crippen molar-refractivity contribution in [1.82, 2.24) is 4.31 Å². The molecular weight excluding hydrogens is 338 g/mol. The number of carboxylic acid groups (broad SMARTS) is 1. The lowest BCUT2D eigenvalue weighted by atomic mass is 10.1. The third-order valence-corrected chi connectivity index (χ3v) is 5.87. The molecule has 24 heavy (non-hydrogen) atoms. The molecular formula is C15H21NO7S. The highest BCUT2D eigenvalue weighted by molar-refractivity contribution is 7.89. The predicted octanol–water partition coefficient (Wildman–Crippen LogP) is 1.34. The largest absolute Gasteiger partial charge is 0.493 e. The van der Waals surface area contributed by atoms with Crippen LogP contribution in [0.3, 0.4) is 0 Å². The van der Waals surface area contributed by atoms with Crippen molar-refractivity contribution in [2.75, 3.05) is 27.9 Å². The molecule has 0 spiro atoms. The molecule has 0 amide bonds. The predicted molar refractivity (Wildman–Crippen MR) is 85.3 cm³/mol. The van der Waals surface area contributed by atoms with Crippen LogP contribution in [0.15, 0.2) is 17.0 Å². The van der Waals surface area contributed by atoms with E-state index >= 15 is 0 Å². The summed E-state index contributed by atoms with van der Waals surface area (Å²) >= 11 is 0. The summed E-state index contributed by atoms with van der Waals surface area (Å²) in [6.07, 6.45) is 1.59. The van der Waals surface area contributed by atoms with E-state index in [1.165, 1.54) is 33.5 Å². The summed E-state index contributed by atoms with van der Waals surface area (Å²) in [7, 11) is 0.174. The summed E-state index contributed by atoms with van der Waals surface area (Å²) in [5, 5.41) is 9.33. The minimum Gasteiger partial charge on any atom is -0.493 e. The molecule has 1 saturated heterocycles. The molecule has 2 rings (SSSR count). The monoisotopic (exact) mass is 359 g/mol. The number of benzene rings is 1. The number of hydrogen-bond donors (Lipinski definition) is 1. The van der Waals surface area contributed by atoms with E-state index < -0.39 is 22.0 Å². The van der Waals surface area contributed by atoms with E-state index in [4.69, 9.17) is 14.2 Å². The molecule has 1 atom stereocenters. The van der Waals surface area contributed by atoms with Gasteiger partial charge in [-0.05, 0) is 19.3 Å². The van der Waals surface area contributed by atoms with Gasteiger partial charge in [0, 0.05) is 18.7 Å². The van der Waals surface area contributed by atoms with Crippen molar-refractivity contribution in [2.24, 2.45) is 0 Å². The van der Waals surface area contributed by atoms with Gasteiger partial charge in [-0.15, -0.1) is 0 Å². The quantitative estimate of drug-likeness (QED) is 0.817. The molecule has 0 aromatic heterocycles. The number of piperidine rings is 1. The standard InChI is InChI=1S/C15H21NO7S/c1-21-12-8-10(9-13(22-2)14(12)23-3)24(19,20)16-7-5-4-6-11(16)15(17)18/h8-9,11H,4-7H2,1-3H3,(H,17,18)/t11-/m0/s1. The molecule has 1 aliphatic heterocycles. The van der Waals surface area contributed by atoms with E-state index in [2.05, 4.69) is 0 Å². The first-order valence-corrected chi connectivity index (χ1v) is 8.85. The van der Waals surface area contributed by atoms with Crippen LogP contribution in [0.4, 0.5) is 0 Å². The Kier molecular flexibility index (Phi) is 5.55. The van der Waals surface area contributed by atoms with Crippen molar-refractivity contribution in [3.63, 3.8) is 0 Å². The van der Waals surface area contributed by atoms with Crippen LogP contribution in [0.2, 0.25) is 0 Å². The first kappa shape index (κ1) is 18.3. The van der Waals surface area contributed by atoms with E-state index in [0.717, 1.165) is 4.31 Å². The molecule has 0 saturated carbocycles. The average Bonchev–Trinajstić information content (AvgIpc) is 2.60. The van der Waals surface area contributed by atoms with E-state index in [9.17, 15) is 18.3 Å². The lowest BCUT2D eigenvalue weighted by Crippen LogP contribution is -2.47. The second-order valence-electron chi connectivity index (χ2n) is 5.33. The van der Waals surface area contributed by atoms with E-state index in [0.29, 0.717) is 19.3 Å². The highest BCUT2D eigenvalue weighted by atomic mass is 32.2. The molecule has 0 bridgehead atoms. The van der Waals surface area contributed by atoms with E-state index in [1.54, 1.807) is 0 Å². The molecule has 1 N–H and O–H groups in total. The maximum atomic E-state index is 12.9. The number of carboxylic acids is 1. The summed E-state index contributed by atoms with van der Waals surface area (Å²) in [5.74, 6) is -0.489. The zero-order chi connectivity index (χ0) is 17.9. The van der Waals surface area contributed by atoms with E-state index in [-0.39, 0.29) is 28.7 Å². The number of carbonyl (C=O) groups is 1. The lowest BCUT2D eigenvalue weighted by Gasteiger charge is -2.32. The Morgan fingerprint density at radius 3 is 2.17 bits per heavy atom. The van der Waals surface area contributed by atoms with Gasteiger partial charge in [0.25, 0.3) is 0 Å². The minimum atomic E-state index is -4.01. The average molecular weight is 359 g/mol. The number of sulfonamides is 1. The number of hydrogen-bond acceptors (Lipinski definition) is 6. The Bertz CT molecular complexity index is 692. The highest BCUT2D eigenvalue weighted by Crippen LogP contribution is 2.40. The maximum Gasteiger partial charge on any atom is 0.322 e. The Balaban J connectivity index is 2.54. The van der Waals surface area contributed by atoms with Crippen molar-refractivity contribution >= 4 is 16.0 Å². The molecule has 0 unspecified atom stereocenters.